The van der Waals surface area contributed by atoms with Crippen molar-refractivity contribution in [1.29, 1.82) is 0 Å². The second-order valence-electron chi connectivity index (χ2n) is 10.5. The minimum Gasteiger partial charge on any atom is -0.493 e. The molecule has 42 heavy (non-hydrogen) atoms. The molecule has 0 saturated heterocycles. The van der Waals surface area contributed by atoms with Crippen LogP contribution in [0.15, 0.2) is 83.2 Å². The fourth-order valence-corrected chi connectivity index (χ4v) is 5.95. The van der Waals surface area contributed by atoms with Crippen LogP contribution in [-0.4, -0.2) is 40.1 Å². The third-order valence-corrected chi connectivity index (χ3v) is 8.09. The van der Waals surface area contributed by atoms with Crippen molar-refractivity contribution in [2.24, 2.45) is 0 Å². The monoisotopic (exact) mass is 568 g/mol. The average molecular weight is 569 g/mol. The van der Waals surface area contributed by atoms with E-state index in [0.29, 0.717) is 52.7 Å². The van der Waals surface area contributed by atoms with E-state index < -0.39 is 5.92 Å². The minimum absolute atomic E-state index is 0.0167. The molecule has 1 aliphatic heterocycles. The summed E-state index contributed by atoms with van der Waals surface area (Å²) in [4.78, 5) is 28.0. The standard InChI is InChI=1S/C34H36N2O6/c1-19-9-7-8-10-24(19)36-34(38)31-20(2)35-25-15-23(21-11-13-27(39-3)29(17-21)41-5)16-26(37)33(25)32(31)22-12-14-28(40-4)30(18-22)42-6/h7-14,17-18,23,32,35H,15-16H2,1-6H3,(H,36,38)/t23-,32-/m1/s1. The van der Waals surface area contributed by atoms with Crippen LogP contribution in [0.1, 0.15) is 48.3 Å². The summed E-state index contributed by atoms with van der Waals surface area (Å²) in [6.45, 7) is 3.83. The number of benzene rings is 3. The number of anilines is 1. The molecule has 3 aromatic rings. The number of rotatable bonds is 8. The van der Waals surface area contributed by atoms with Crippen LogP contribution in [-0.2, 0) is 9.59 Å². The highest BCUT2D eigenvalue weighted by atomic mass is 16.5. The molecule has 0 bridgehead atoms. The number of para-hydroxylation sites is 1. The molecular weight excluding hydrogens is 532 g/mol. The molecule has 2 aliphatic rings. The molecule has 218 valence electrons. The molecule has 0 saturated carbocycles. The highest BCUT2D eigenvalue weighted by Crippen LogP contribution is 2.47. The van der Waals surface area contributed by atoms with E-state index in [9.17, 15) is 9.59 Å². The predicted octanol–water partition coefficient (Wildman–Crippen LogP) is 6.03. The number of amides is 1. The van der Waals surface area contributed by atoms with Gasteiger partial charge in [0, 0.05) is 40.6 Å². The van der Waals surface area contributed by atoms with Crippen LogP contribution in [0.3, 0.4) is 0 Å². The number of Topliss-reactive ketones (excluding diaryl/α,β-unsaturated/α-hetero) is 1. The van der Waals surface area contributed by atoms with E-state index >= 15 is 0 Å². The van der Waals surface area contributed by atoms with Gasteiger partial charge in [-0.25, -0.2) is 0 Å². The van der Waals surface area contributed by atoms with Gasteiger partial charge in [0.1, 0.15) is 0 Å². The normalized spacial score (nSPS) is 18.2. The number of allylic oxidation sites excluding steroid dienone is 3. The third-order valence-electron chi connectivity index (χ3n) is 8.09. The maximum absolute atomic E-state index is 14.1. The quantitative estimate of drug-likeness (QED) is 0.343. The van der Waals surface area contributed by atoms with Crippen molar-refractivity contribution in [3.8, 4) is 23.0 Å². The van der Waals surface area contributed by atoms with Gasteiger partial charge in [0.25, 0.3) is 5.91 Å². The van der Waals surface area contributed by atoms with Crippen molar-refractivity contribution in [3.05, 3.63) is 99.9 Å². The molecule has 5 rings (SSSR count). The van der Waals surface area contributed by atoms with E-state index in [-0.39, 0.29) is 17.6 Å². The summed E-state index contributed by atoms with van der Waals surface area (Å²) in [5.41, 5.74) is 6.02. The van der Waals surface area contributed by atoms with E-state index in [4.69, 9.17) is 18.9 Å². The van der Waals surface area contributed by atoms with Crippen molar-refractivity contribution in [3.63, 3.8) is 0 Å². The van der Waals surface area contributed by atoms with Gasteiger partial charge in [-0.3, -0.25) is 9.59 Å². The highest BCUT2D eigenvalue weighted by Gasteiger charge is 2.41. The van der Waals surface area contributed by atoms with Crippen LogP contribution in [0.5, 0.6) is 23.0 Å². The van der Waals surface area contributed by atoms with Crippen LogP contribution < -0.4 is 29.6 Å². The Labute approximate surface area is 246 Å². The first kappa shape index (κ1) is 28.8. The number of hydrogen-bond acceptors (Lipinski definition) is 7. The number of ketones is 1. The van der Waals surface area contributed by atoms with Gasteiger partial charge in [-0.2, -0.15) is 0 Å². The summed E-state index contributed by atoms with van der Waals surface area (Å²) in [5.74, 6) is 1.41. The van der Waals surface area contributed by atoms with Gasteiger partial charge in [-0.05, 0) is 73.2 Å². The number of methoxy groups -OCH3 is 4. The third kappa shape index (κ3) is 5.32. The number of carbonyl (C=O) groups excluding carboxylic acids is 2. The van der Waals surface area contributed by atoms with Crippen molar-refractivity contribution in [2.45, 2.75) is 38.5 Å². The summed E-state index contributed by atoms with van der Waals surface area (Å²) in [6.07, 6.45) is 0.899. The molecule has 1 amide bonds. The molecule has 8 nitrogen and oxygen atoms in total. The predicted molar refractivity (Wildman–Crippen MR) is 161 cm³/mol. The molecule has 2 N–H and O–H groups in total. The second kappa shape index (κ2) is 12.0. The minimum atomic E-state index is -0.594. The molecule has 0 fully saturated rings. The van der Waals surface area contributed by atoms with Gasteiger partial charge >= 0.3 is 0 Å². The summed E-state index contributed by atoms with van der Waals surface area (Å²) in [6, 6.07) is 18.9. The Hall–Kier alpha value is -4.72. The molecule has 2 atom stereocenters. The topological polar surface area (TPSA) is 95.1 Å². The Morgan fingerprint density at radius 1 is 0.786 bits per heavy atom. The van der Waals surface area contributed by atoms with Gasteiger partial charge in [-0.15, -0.1) is 0 Å². The number of hydrogen-bond donors (Lipinski definition) is 2. The number of ether oxygens (including phenoxy) is 4. The Morgan fingerprint density at radius 2 is 1.38 bits per heavy atom. The maximum atomic E-state index is 14.1. The molecule has 0 radical (unpaired) electrons. The molecule has 1 heterocycles. The van der Waals surface area contributed by atoms with Crippen molar-refractivity contribution >= 4 is 17.4 Å². The molecule has 0 spiro atoms. The fraction of sp³-hybridized carbons (Fsp3) is 0.294. The number of aryl methyl sites for hydroxylation is 1. The van der Waals surface area contributed by atoms with E-state index in [1.807, 2.05) is 74.5 Å². The van der Waals surface area contributed by atoms with E-state index in [1.165, 1.54) is 0 Å². The molecule has 0 unspecified atom stereocenters. The smallest absolute Gasteiger partial charge is 0.254 e. The van der Waals surface area contributed by atoms with E-state index in [1.54, 1.807) is 28.4 Å². The molecule has 3 aromatic carbocycles. The lowest BCUT2D eigenvalue weighted by Crippen LogP contribution is -2.37. The van der Waals surface area contributed by atoms with Crippen LogP contribution in [0.4, 0.5) is 5.69 Å². The number of carbonyl (C=O) groups is 2. The first-order valence-electron chi connectivity index (χ1n) is 13.8. The lowest BCUT2D eigenvalue weighted by molar-refractivity contribution is -0.116. The summed E-state index contributed by atoms with van der Waals surface area (Å²) < 4.78 is 22.0. The zero-order valence-corrected chi connectivity index (χ0v) is 24.8. The van der Waals surface area contributed by atoms with Gasteiger partial charge in [0.15, 0.2) is 28.8 Å². The van der Waals surface area contributed by atoms with Crippen LogP contribution in [0, 0.1) is 6.92 Å². The summed E-state index contributed by atoms with van der Waals surface area (Å²) in [7, 11) is 6.34. The van der Waals surface area contributed by atoms with Gasteiger partial charge in [0.05, 0.1) is 28.4 Å². The first-order valence-corrected chi connectivity index (χ1v) is 13.8. The summed E-state index contributed by atoms with van der Waals surface area (Å²) >= 11 is 0. The number of dihydropyridines is 1. The fourth-order valence-electron chi connectivity index (χ4n) is 5.95. The van der Waals surface area contributed by atoms with Crippen molar-refractivity contribution < 1.29 is 28.5 Å². The molecule has 1 aliphatic carbocycles. The Kier molecular flexibility index (Phi) is 8.24. The Morgan fingerprint density at radius 3 is 2.00 bits per heavy atom. The maximum Gasteiger partial charge on any atom is 0.254 e. The zero-order chi connectivity index (χ0) is 30.0. The lowest BCUT2D eigenvalue weighted by atomic mass is 9.71. The van der Waals surface area contributed by atoms with Gasteiger partial charge < -0.3 is 29.6 Å². The largest absolute Gasteiger partial charge is 0.493 e. The Bertz CT molecular complexity index is 1610. The molecular formula is C34H36N2O6. The van der Waals surface area contributed by atoms with Crippen molar-refractivity contribution in [2.75, 3.05) is 33.8 Å². The van der Waals surface area contributed by atoms with E-state index in [0.717, 1.165) is 28.1 Å². The highest BCUT2D eigenvalue weighted by molar-refractivity contribution is 6.10. The van der Waals surface area contributed by atoms with Crippen LogP contribution in [0.25, 0.3) is 0 Å². The van der Waals surface area contributed by atoms with Gasteiger partial charge in [-0.1, -0.05) is 30.3 Å². The zero-order valence-electron chi connectivity index (χ0n) is 24.8. The lowest BCUT2D eigenvalue weighted by Gasteiger charge is -2.37. The molecule has 0 aromatic heterocycles. The van der Waals surface area contributed by atoms with Gasteiger partial charge in [0.2, 0.25) is 0 Å². The SMILES string of the molecule is COc1ccc([C@H]2CC(=O)C3=C(C2)NC(C)=C(C(=O)Nc2ccccc2C)[C@H]3c2ccc(OC)c(OC)c2)cc1OC. The van der Waals surface area contributed by atoms with Crippen LogP contribution >= 0.6 is 0 Å². The second-order valence-corrected chi connectivity index (χ2v) is 10.5. The number of nitrogens with one attached hydrogen (secondary N) is 2. The van der Waals surface area contributed by atoms with E-state index in [2.05, 4.69) is 10.6 Å². The Balaban J connectivity index is 1.59. The average Bonchev–Trinajstić information content (AvgIpc) is 3.00. The van der Waals surface area contributed by atoms with Crippen LogP contribution in [0.2, 0.25) is 0 Å². The molecule has 8 heteroatoms. The van der Waals surface area contributed by atoms with Crippen molar-refractivity contribution in [1.82, 2.24) is 5.32 Å². The summed E-state index contributed by atoms with van der Waals surface area (Å²) in [5, 5.41) is 6.52. The first-order chi connectivity index (χ1) is 20.3.